The molecule has 2 rings (SSSR count). The molecule has 2 heterocycles. The van der Waals surface area contributed by atoms with Crippen LogP contribution in [0.2, 0.25) is 0 Å². The summed E-state index contributed by atoms with van der Waals surface area (Å²) in [5.41, 5.74) is 5.77. The topological polar surface area (TPSA) is 71.1 Å². The summed E-state index contributed by atoms with van der Waals surface area (Å²) in [6, 6.07) is 0.414. The van der Waals surface area contributed by atoms with E-state index < -0.39 is 0 Å². The number of ether oxygens (including phenoxy) is 1. The summed E-state index contributed by atoms with van der Waals surface area (Å²) < 4.78 is 6.01. The molecule has 3 N–H and O–H groups in total. The summed E-state index contributed by atoms with van der Waals surface area (Å²) in [5.74, 6) is 2.58. The average molecular weight is 273 g/mol. The highest BCUT2D eigenvalue weighted by Crippen LogP contribution is 2.39. The second-order valence-corrected chi connectivity index (χ2v) is 6.45. The van der Waals surface area contributed by atoms with Gasteiger partial charge in [-0.25, -0.2) is 0 Å². The monoisotopic (exact) mass is 273 g/mol. The Kier molecular flexibility index (Phi) is 4.40. The Balaban J connectivity index is 2.00. The van der Waals surface area contributed by atoms with Crippen LogP contribution in [-0.2, 0) is 4.74 Å². The van der Waals surface area contributed by atoms with Crippen LogP contribution in [0.3, 0.4) is 0 Å². The molecule has 0 aromatic heterocycles. The van der Waals surface area contributed by atoms with Crippen molar-refractivity contribution < 1.29 is 9.94 Å². The molecule has 0 amide bonds. The van der Waals surface area contributed by atoms with Gasteiger partial charge in [-0.2, -0.15) is 11.8 Å². The molecule has 0 bridgehead atoms. The molecule has 2 aliphatic rings. The summed E-state index contributed by atoms with van der Waals surface area (Å²) in [4.78, 5) is 2.21. The van der Waals surface area contributed by atoms with Gasteiger partial charge >= 0.3 is 0 Å². The summed E-state index contributed by atoms with van der Waals surface area (Å²) in [6.07, 6.45) is 3.23. The molecule has 0 aliphatic carbocycles. The molecule has 6 heteroatoms. The van der Waals surface area contributed by atoms with Gasteiger partial charge in [-0.1, -0.05) is 5.16 Å². The third-order valence-corrected chi connectivity index (χ3v) is 5.49. The first-order valence-electron chi connectivity index (χ1n) is 6.49. The normalized spacial score (nSPS) is 35.3. The molecule has 2 saturated heterocycles. The smallest absolute Gasteiger partial charge is 0.156 e. The van der Waals surface area contributed by atoms with E-state index >= 15 is 0 Å². The number of thioether (sulfide) groups is 1. The number of likely N-dealkylation sites (N-methyl/N-ethyl adjacent to an activating group) is 1. The van der Waals surface area contributed by atoms with Crippen LogP contribution < -0.4 is 5.73 Å². The van der Waals surface area contributed by atoms with Crippen molar-refractivity contribution in [1.82, 2.24) is 4.90 Å². The van der Waals surface area contributed by atoms with Crippen molar-refractivity contribution >= 4 is 17.6 Å². The van der Waals surface area contributed by atoms with Gasteiger partial charge < -0.3 is 15.7 Å². The summed E-state index contributed by atoms with van der Waals surface area (Å²) in [7, 11) is 2.05. The lowest BCUT2D eigenvalue weighted by atomic mass is 9.88. The maximum atomic E-state index is 8.77. The van der Waals surface area contributed by atoms with Gasteiger partial charge in [-0.3, -0.25) is 4.90 Å². The van der Waals surface area contributed by atoms with Crippen LogP contribution in [0.4, 0.5) is 0 Å². The van der Waals surface area contributed by atoms with E-state index in [1.54, 1.807) is 0 Å². The van der Waals surface area contributed by atoms with E-state index in [2.05, 4.69) is 17.1 Å². The first kappa shape index (κ1) is 14.0. The predicted octanol–water partition coefficient (Wildman–Crippen LogP) is 1.11. The average Bonchev–Trinajstić information content (AvgIpc) is 2.84. The molecule has 104 valence electrons. The van der Waals surface area contributed by atoms with Crippen molar-refractivity contribution in [2.75, 3.05) is 25.2 Å². The highest BCUT2D eigenvalue weighted by molar-refractivity contribution is 7.99. The Morgan fingerprint density at radius 3 is 3.06 bits per heavy atom. The molecular formula is C12H23N3O2S. The van der Waals surface area contributed by atoms with Crippen LogP contribution in [0, 0.1) is 0 Å². The minimum atomic E-state index is -0.0378. The lowest BCUT2D eigenvalue weighted by Gasteiger charge is -2.43. The fraction of sp³-hybridized carbons (Fsp3) is 0.917. The second kappa shape index (κ2) is 5.67. The Morgan fingerprint density at radius 2 is 2.44 bits per heavy atom. The zero-order valence-electron chi connectivity index (χ0n) is 11.1. The van der Waals surface area contributed by atoms with Gasteiger partial charge in [0, 0.05) is 18.4 Å². The van der Waals surface area contributed by atoms with Crippen molar-refractivity contribution in [3.63, 3.8) is 0 Å². The number of nitrogens with two attached hydrogens (primary N) is 1. The van der Waals surface area contributed by atoms with E-state index in [4.69, 9.17) is 15.7 Å². The molecule has 3 atom stereocenters. The minimum absolute atomic E-state index is 0.0378. The van der Waals surface area contributed by atoms with Crippen LogP contribution >= 0.6 is 11.8 Å². The first-order valence-corrected chi connectivity index (χ1v) is 7.64. The molecule has 0 saturated carbocycles. The van der Waals surface area contributed by atoms with E-state index in [0.29, 0.717) is 6.04 Å². The van der Waals surface area contributed by atoms with E-state index in [1.807, 2.05) is 18.7 Å². The van der Waals surface area contributed by atoms with Gasteiger partial charge in [0.05, 0.1) is 11.6 Å². The zero-order valence-corrected chi connectivity index (χ0v) is 11.9. The lowest BCUT2D eigenvalue weighted by molar-refractivity contribution is -0.0879. The molecule has 2 fully saturated rings. The van der Waals surface area contributed by atoms with Crippen molar-refractivity contribution in [3.8, 4) is 0 Å². The van der Waals surface area contributed by atoms with Gasteiger partial charge in [0.1, 0.15) is 0 Å². The number of hydrogen-bond donors (Lipinski definition) is 2. The van der Waals surface area contributed by atoms with Crippen LogP contribution in [0.15, 0.2) is 5.16 Å². The van der Waals surface area contributed by atoms with E-state index in [0.717, 1.165) is 31.6 Å². The molecule has 0 aromatic carbocycles. The number of hydrogen-bond acceptors (Lipinski definition) is 5. The highest BCUT2D eigenvalue weighted by Gasteiger charge is 2.42. The quantitative estimate of drug-likeness (QED) is 0.349. The molecular weight excluding hydrogens is 250 g/mol. The summed E-state index contributed by atoms with van der Waals surface area (Å²) in [6.45, 7) is 2.79. The Morgan fingerprint density at radius 1 is 1.67 bits per heavy atom. The van der Waals surface area contributed by atoms with Crippen LogP contribution in [0.5, 0.6) is 0 Å². The van der Waals surface area contributed by atoms with Crippen LogP contribution in [0.25, 0.3) is 0 Å². The van der Waals surface area contributed by atoms with Crippen LogP contribution in [-0.4, -0.2) is 58.8 Å². The largest absolute Gasteiger partial charge is 0.409 e. The van der Waals surface area contributed by atoms with Crippen LogP contribution in [0.1, 0.15) is 26.2 Å². The van der Waals surface area contributed by atoms with Gasteiger partial charge in [0.2, 0.25) is 0 Å². The number of nitrogens with zero attached hydrogens (tertiary/aromatic N) is 2. The predicted molar refractivity (Wildman–Crippen MR) is 74.3 cm³/mol. The van der Waals surface area contributed by atoms with E-state index in [1.165, 1.54) is 5.75 Å². The Hall–Kier alpha value is -0.460. The maximum absolute atomic E-state index is 8.77. The molecule has 3 unspecified atom stereocenters. The van der Waals surface area contributed by atoms with Gasteiger partial charge in [-0.05, 0) is 39.0 Å². The Bertz CT molecular complexity index is 318. The molecule has 0 aromatic rings. The fourth-order valence-electron chi connectivity index (χ4n) is 2.82. The van der Waals surface area contributed by atoms with Gasteiger partial charge in [0.25, 0.3) is 0 Å². The Labute approximate surface area is 113 Å². The number of rotatable bonds is 3. The van der Waals surface area contributed by atoms with Crippen molar-refractivity contribution in [2.45, 2.75) is 43.9 Å². The molecule has 1 spiro atoms. The van der Waals surface area contributed by atoms with Crippen molar-refractivity contribution in [2.24, 2.45) is 10.9 Å². The van der Waals surface area contributed by atoms with Crippen molar-refractivity contribution in [1.29, 1.82) is 0 Å². The third kappa shape index (κ3) is 2.75. The molecule has 5 nitrogen and oxygen atoms in total. The third-order valence-electron chi connectivity index (χ3n) is 4.26. The van der Waals surface area contributed by atoms with Gasteiger partial charge in [-0.15, -0.1) is 0 Å². The SMILES string of the molecule is CC(C(N)=NO)N(C)C1CCOC2(CCSC2)C1. The molecule has 18 heavy (non-hydrogen) atoms. The molecule has 0 radical (unpaired) electrons. The highest BCUT2D eigenvalue weighted by atomic mass is 32.2. The second-order valence-electron chi connectivity index (χ2n) is 5.35. The standard InChI is InChI=1S/C12H23N3O2S/c1-9(11(13)14-16)15(2)10-3-5-17-12(7-10)4-6-18-8-12/h9-10,16H,3-8H2,1-2H3,(H2,13,14). The number of oxime groups is 1. The summed E-state index contributed by atoms with van der Waals surface area (Å²) in [5, 5.41) is 11.9. The van der Waals surface area contributed by atoms with Gasteiger partial charge in [0.15, 0.2) is 5.84 Å². The van der Waals surface area contributed by atoms with E-state index in [-0.39, 0.29) is 17.5 Å². The van der Waals surface area contributed by atoms with Crippen molar-refractivity contribution in [3.05, 3.63) is 0 Å². The minimum Gasteiger partial charge on any atom is -0.409 e. The lowest BCUT2D eigenvalue weighted by Crippen LogP contribution is -2.52. The summed E-state index contributed by atoms with van der Waals surface area (Å²) >= 11 is 1.98. The fourth-order valence-corrected chi connectivity index (χ4v) is 4.20. The van der Waals surface area contributed by atoms with E-state index in [9.17, 15) is 0 Å². The molecule has 2 aliphatic heterocycles. The number of amidine groups is 1. The zero-order chi connectivity index (χ0) is 13.2. The maximum Gasteiger partial charge on any atom is 0.156 e. The first-order chi connectivity index (χ1) is 8.58.